The smallest absolute Gasteiger partial charge is 0.416 e. The van der Waals surface area contributed by atoms with Gasteiger partial charge in [0.15, 0.2) is 22.9 Å². The third-order valence-electron chi connectivity index (χ3n) is 8.53. The zero-order valence-electron chi connectivity index (χ0n) is 28.3. The number of alkyl halides is 3. The molecule has 3 aromatic rings. The number of aromatic nitrogens is 2. The molecule has 3 heterocycles. The van der Waals surface area contributed by atoms with Crippen molar-refractivity contribution >= 4 is 30.1 Å². The topological polar surface area (TPSA) is 145 Å². The molecular weight excluding hydrogens is 693 g/mol. The van der Waals surface area contributed by atoms with Gasteiger partial charge in [-0.3, -0.25) is 19.6 Å². The largest absolute Gasteiger partial charge is 0.504 e. The number of hydrogen-bond donors (Lipinski definition) is 3. The molecule has 0 bridgehead atoms. The van der Waals surface area contributed by atoms with Gasteiger partial charge in [0.25, 0.3) is 11.8 Å². The van der Waals surface area contributed by atoms with Crippen LogP contribution in [-0.2, 0) is 17.5 Å². The maximum Gasteiger partial charge on any atom is 0.416 e. The first-order chi connectivity index (χ1) is 24.4. The molecule has 272 valence electrons. The van der Waals surface area contributed by atoms with Gasteiger partial charge >= 0.3 is 6.18 Å². The lowest BCUT2D eigenvalue weighted by molar-refractivity contribution is -0.137. The highest BCUT2D eigenvalue weighted by molar-refractivity contribution is 6.31. The Bertz CT molecular complexity index is 1810. The number of allylic oxidation sites excluding steroid dienone is 1. The molecule has 2 aliphatic heterocycles. The van der Waals surface area contributed by atoms with E-state index in [-0.39, 0.29) is 66.1 Å². The van der Waals surface area contributed by atoms with E-state index in [1.54, 1.807) is 32.2 Å². The number of fused-ring (bicyclic) bond motifs is 1. The van der Waals surface area contributed by atoms with Crippen LogP contribution in [0.15, 0.2) is 59.1 Å². The van der Waals surface area contributed by atoms with Crippen LogP contribution in [0.3, 0.4) is 0 Å². The maximum absolute atomic E-state index is 14.7. The SMILES string of the molecule is C=NC(NN(Cc1ccc(C(F)(F)F)cc1Cl)C(=O)/C(=C(/CC)NC)N1CCN(C(=O)c2ncnc(C)c2O)CC1)c1ccc2c(c1)OCCO2. The molecule has 1 unspecified atom stereocenters. The van der Waals surface area contributed by atoms with Crippen molar-refractivity contribution in [3.8, 4) is 17.2 Å². The van der Waals surface area contributed by atoms with Crippen LogP contribution in [0.1, 0.15) is 52.4 Å². The predicted molar refractivity (Wildman–Crippen MR) is 182 cm³/mol. The molecule has 2 amide bonds. The highest BCUT2D eigenvalue weighted by atomic mass is 35.5. The lowest BCUT2D eigenvalue weighted by Crippen LogP contribution is -2.53. The molecule has 2 aliphatic rings. The van der Waals surface area contributed by atoms with Crippen LogP contribution in [0.25, 0.3) is 0 Å². The van der Waals surface area contributed by atoms with Gasteiger partial charge in [-0.05, 0) is 55.5 Å². The van der Waals surface area contributed by atoms with Crippen molar-refractivity contribution in [1.82, 2.24) is 35.5 Å². The number of ether oxygens (including phenoxy) is 2. The number of nitrogens with zero attached hydrogens (tertiary/aromatic N) is 6. The number of halogens is 4. The molecule has 0 aliphatic carbocycles. The second-order valence-electron chi connectivity index (χ2n) is 11.7. The number of aromatic hydroxyl groups is 1. The van der Waals surface area contributed by atoms with Gasteiger partial charge in [-0.1, -0.05) is 30.7 Å². The van der Waals surface area contributed by atoms with E-state index in [0.29, 0.717) is 42.4 Å². The van der Waals surface area contributed by atoms with E-state index in [9.17, 15) is 27.9 Å². The number of benzene rings is 2. The second-order valence-corrected chi connectivity index (χ2v) is 12.1. The van der Waals surface area contributed by atoms with E-state index >= 15 is 0 Å². The Morgan fingerprint density at radius 3 is 2.39 bits per heavy atom. The molecule has 51 heavy (non-hydrogen) atoms. The fourth-order valence-electron chi connectivity index (χ4n) is 5.75. The molecule has 1 saturated heterocycles. The highest BCUT2D eigenvalue weighted by Gasteiger charge is 2.34. The zero-order chi connectivity index (χ0) is 36.9. The molecule has 17 heteroatoms. The normalized spacial score (nSPS) is 15.5. The highest BCUT2D eigenvalue weighted by Crippen LogP contribution is 2.35. The number of nitrogens with one attached hydrogen (secondary N) is 2. The van der Waals surface area contributed by atoms with E-state index in [2.05, 4.69) is 32.4 Å². The molecule has 1 fully saturated rings. The molecule has 0 radical (unpaired) electrons. The van der Waals surface area contributed by atoms with Crippen LogP contribution >= 0.6 is 11.6 Å². The number of carbonyl (C=O) groups excluding carboxylic acids is 2. The van der Waals surface area contributed by atoms with Crippen LogP contribution in [0, 0.1) is 6.92 Å². The fraction of sp³-hybridized carbons (Fsp3) is 0.382. The standard InChI is InChI=1S/C34H38ClF3N8O5/c1-5-25(39-3)29(44-10-12-45(13-11-44)32(48)28-30(47)20(2)41-19-42-28)33(49)46(18-22-6-8-23(17-24(22)35)34(36,37)38)43-31(40-4)21-7-9-26-27(16-21)51-15-14-50-26/h6-9,16-17,19,31,39,43,47H,4-5,10-15,18H2,1-3H3/b29-25+. The van der Waals surface area contributed by atoms with Crippen molar-refractivity contribution in [2.24, 2.45) is 4.99 Å². The summed E-state index contributed by atoms with van der Waals surface area (Å²) in [6.45, 7) is 8.53. The summed E-state index contributed by atoms with van der Waals surface area (Å²) < 4.78 is 51.8. The Balaban J connectivity index is 1.47. The minimum Gasteiger partial charge on any atom is -0.504 e. The first kappa shape index (κ1) is 37.2. The fourth-order valence-corrected chi connectivity index (χ4v) is 5.99. The van der Waals surface area contributed by atoms with Gasteiger partial charge in [-0.15, -0.1) is 0 Å². The van der Waals surface area contributed by atoms with Crippen molar-refractivity contribution in [2.45, 2.75) is 39.2 Å². The van der Waals surface area contributed by atoms with Crippen molar-refractivity contribution < 1.29 is 37.3 Å². The first-order valence-electron chi connectivity index (χ1n) is 16.1. The number of amides is 2. The Morgan fingerprint density at radius 2 is 1.76 bits per heavy atom. The van der Waals surface area contributed by atoms with E-state index in [0.717, 1.165) is 12.1 Å². The van der Waals surface area contributed by atoms with Crippen molar-refractivity contribution in [2.75, 3.05) is 46.4 Å². The summed E-state index contributed by atoms with van der Waals surface area (Å²) in [5, 5.41) is 14.6. The van der Waals surface area contributed by atoms with Gasteiger partial charge in [0.2, 0.25) is 0 Å². The summed E-state index contributed by atoms with van der Waals surface area (Å²) in [6, 6.07) is 8.12. The Morgan fingerprint density at radius 1 is 1.08 bits per heavy atom. The summed E-state index contributed by atoms with van der Waals surface area (Å²) in [6.07, 6.45) is -3.89. The number of carbonyl (C=O) groups is 2. The number of hydrogen-bond acceptors (Lipinski definition) is 11. The van der Waals surface area contributed by atoms with Crippen LogP contribution in [0.4, 0.5) is 13.2 Å². The van der Waals surface area contributed by atoms with Crippen molar-refractivity contribution in [1.29, 1.82) is 0 Å². The third-order valence-corrected chi connectivity index (χ3v) is 8.88. The molecule has 2 aromatic carbocycles. The van der Waals surface area contributed by atoms with Crippen LogP contribution < -0.4 is 20.2 Å². The van der Waals surface area contributed by atoms with Gasteiger partial charge in [0.1, 0.15) is 31.4 Å². The van der Waals surface area contributed by atoms with E-state index < -0.39 is 29.7 Å². The first-order valence-corrected chi connectivity index (χ1v) is 16.5. The average Bonchev–Trinajstić information content (AvgIpc) is 3.13. The Labute approximate surface area is 297 Å². The van der Waals surface area contributed by atoms with Gasteiger partial charge in [-0.2, -0.15) is 13.2 Å². The Kier molecular flexibility index (Phi) is 11.6. The molecular formula is C34H38ClF3N8O5. The number of aryl methyl sites for hydroxylation is 1. The minimum absolute atomic E-state index is 0.113. The molecule has 5 rings (SSSR count). The van der Waals surface area contributed by atoms with Crippen LogP contribution in [0.2, 0.25) is 5.02 Å². The number of piperazine rings is 1. The number of rotatable bonds is 11. The summed E-state index contributed by atoms with van der Waals surface area (Å²) >= 11 is 6.38. The summed E-state index contributed by atoms with van der Waals surface area (Å²) in [4.78, 5) is 43.5. The Hall–Kier alpha value is -5.09. The lowest BCUT2D eigenvalue weighted by Gasteiger charge is -2.39. The zero-order valence-corrected chi connectivity index (χ0v) is 29.0. The molecule has 0 spiro atoms. The van der Waals surface area contributed by atoms with Gasteiger partial charge in [-0.25, -0.2) is 15.4 Å². The quantitative estimate of drug-likeness (QED) is 0.147. The number of hydrazine groups is 1. The average molecular weight is 731 g/mol. The third kappa shape index (κ3) is 8.28. The molecule has 1 aromatic heterocycles. The van der Waals surface area contributed by atoms with Crippen molar-refractivity contribution in [3.63, 3.8) is 0 Å². The van der Waals surface area contributed by atoms with Crippen LogP contribution in [-0.4, -0.2) is 94.9 Å². The molecule has 0 saturated carbocycles. The number of aliphatic imine (C=N–C) groups is 1. The summed E-state index contributed by atoms with van der Waals surface area (Å²) in [5.74, 6) is -0.270. The molecule has 1 atom stereocenters. The van der Waals surface area contributed by atoms with Crippen molar-refractivity contribution in [3.05, 3.63) is 87.2 Å². The van der Waals surface area contributed by atoms with Crippen LogP contribution in [0.5, 0.6) is 17.2 Å². The van der Waals surface area contributed by atoms with Gasteiger partial charge < -0.3 is 29.7 Å². The summed E-state index contributed by atoms with van der Waals surface area (Å²) in [5.41, 5.74) is 4.02. The van der Waals surface area contributed by atoms with E-state index in [1.165, 1.54) is 22.3 Å². The van der Waals surface area contributed by atoms with Gasteiger partial charge in [0.05, 0.1) is 17.8 Å². The monoisotopic (exact) mass is 730 g/mol. The second kappa shape index (κ2) is 15.9. The van der Waals surface area contributed by atoms with E-state index in [4.69, 9.17) is 21.1 Å². The molecule has 3 N–H and O–H groups in total. The minimum atomic E-state index is -4.61. The van der Waals surface area contributed by atoms with E-state index in [1.807, 2.05) is 11.8 Å². The predicted octanol–water partition coefficient (Wildman–Crippen LogP) is 4.47. The van der Waals surface area contributed by atoms with Gasteiger partial charge in [0, 0.05) is 43.9 Å². The maximum atomic E-state index is 14.7. The summed E-state index contributed by atoms with van der Waals surface area (Å²) in [7, 11) is 1.68. The molecule has 13 nitrogen and oxygen atoms in total. The lowest BCUT2D eigenvalue weighted by atomic mass is 10.1.